The molecule has 30 heavy (non-hydrogen) atoms. The van der Waals surface area contributed by atoms with Gasteiger partial charge in [0.2, 0.25) is 5.91 Å². The molecule has 1 aromatic carbocycles. The van der Waals surface area contributed by atoms with Crippen molar-refractivity contribution in [3.63, 3.8) is 0 Å². The molecule has 1 saturated heterocycles. The molecule has 2 heterocycles. The summed E-state index contributed by atoms with van der Waals surface area (Å²) in [6.07, 6.45) is 2.10. The highest BCUT2D eigenvalue weighted by Gasteiger charge is 2.22. The minimum absolute atomic E-state index is 0.0105. The zero-order chi connectivity index (χ0) is 21.5. The fraction of sp³-hybridized carbons (Fsp3) is 0.636. The zero-order valence-electron chi connectivity index (χ0n) is 18.5. The van der Waals surface area contributed by atoms with E-state index in [-0.39, 0.29) is 18.6 Å². The van der Waals surface area contributed by atoms with Crippen LogP contribution >= 0.6 is 0 Å². The van der Waals surface area contributed by atoms with Gasteiger partial charge in [-0.2, -0.15) is 0 Å². The molecule has 2 N–H and O–H groups in total. The smallest absolute Gasteiger partial charge is 0.241 e. The van der Waals surface area contributed by atoms with Gasteiger partial charge < -0.3 is 29.7 Å². The van der Waals surface area contributed by atoms with E-state index in [9.17, 15) is 4.79 Å². The highest BCUT2D eigenvalue weighted by Crippen LogP contribution is 2.35. The summed E-state index contributed by atoms with van der Waals surface area (Å²) in [5.41, 5.74) is 2.14. The molecular weight excluding hydrogens is 384 g/mol. The lowest BCUT2D eigenvalue weighted by molar-refractivity contribution is -0.127. The number of hydrogen-bond acceptors (Lipinski definition) is 5. The van der Waals surface area contributed by atoms with E-state index in [0.29, 0.717) is 25.0 Å². The summed E-state index contributed by atoms with van der Waals surface area (Å²) in [5, 5.41) is 6.49. The molecule has 0 bridgehead atoms. The summed E-state index contributed by atoms with van der Waals surface area (Å²) < 4.78 is 17.2. The van der Waals surface area contributed by atoms with Gasteiger partial charge in [0.05, 0.1) is 26.3 Å². The second kappa shape index (κ2) is 10.5. The summed E-state index contributed by atoms with van der Waals surface area (Å²) >= 11 is 0. The van der Waals surface area contributed by atoms with Crippen LogP contribution in [0.15, 0.2) is 17.1 Å². The van der Waals surface area contributed by atoms with Gasteiger partial charge in [-0.3, -0.25) is 4.79 Å². The Kier molecular flexibility index (Phi) is 7.79. The van der Waals surface area contributed by atoms with Gasteiger partial charge in [0, 0.05) is 50.7 Å². The molecule has 8 heteroatoms. The molecule has 2 aliphatic heterocycles. The number of aliphatic imine (C=N–C) groups is 1. The fourth-order valence-corrected chi connectivity index (χ4v) is 3.54. The Morgan fingerprint density at radius 1 is 1.33 bits per heavy atom. The third kappa shape index (κ3) is 6.01. The number of hydrogen-bond donors (Lipinski definition) is 2. The van der Waals surface area contributed by atoms with E-state index in [1.165, 1.54) is 5.56 Å². The predicted octanol–water partition coefficient (Wildman–Crippen LogP) is 1.57. The van der Waals surface area contributed by atoms with Crippen LogP contribution < -0.4 is 20.1 Å². The minimum Gasteiger partial charge on any atom is -0.494 e. The van der Waals surface area contributed by atoms with Crippen LogP contribution in [-0.4, -0.2) is 69.9 Å². The Morgan fingerprint density at radius 2 is 2.17 bits per heavy atom. The summed E-state index contributed by atoms with van der Waals surface area (Å²) in [5.74, 6) is 2.79. The molecule has 2 unspecified atom stereocenters. The topological polar surface area (TPSA) is 84.4 Å². The van der Waals surface area contributed by atoms with Crippen LogP contribution in [0.1, 0.15) is 31.4 Å². The molecule has 3 rings (SSSR count). The average molecular weight is 419 g/mol. The van der Waals surface area contributed by atoms with Gasteiger partial charge >= 0.3 is 0 Å². The monoisotopic (exact) mass is 418 g/mol. The minimum atomic E-state index is -0.0105. The summed E-state index contributed by atoms with van der Waals surface area (Å²) in [7, 11) is 3.48. The van der Waals surface area contributed by atoms with Crippen molar-refractivity contribution >= 4 is 11.9 Å². The van der Waals surface area contributed by atoms with Crippen molar-refractivity contribution < 1.29 is 19.0 Å². The predicted molar refractivity (Wildman–Crippen MR) is 116 cm³/mol. The van der Waals surface area contributed by atoms with Crippen molar-refractivity contribution in [2.75, 3.05) is 47.0 Å². The van der Waals surface area contributed by atoms with Gasteiger partial charge in [-0.05, 0) is 32.4 Å². The van der Waals surface area contributed by atoms with Crippen molar-refractivity contribution in [2.24, 2.45) is 10.9 Å². The molecule has 0 saturated carbocycles. The zero-order valence-corrected chi connectivity index (χ0v) is 18.5. The quantitative estimate of drug-likeness (QED) is 0.493. The number of rotatable bonds is 8. The Morgan fingerprint density at radius 3 is 2.87 bits per heavy atom. The molecule has 0 aromatic heterocycles. The Balaban J connectivity index is 1.72. The van der Waals surface area contributed by atoms with Gasteiger partial charge in [-0.25, -0.2) is 4.99 Å². The highest BCUT2D eigenvalue weighted by molar-refractivity contribution is 5.86. The van der Waals surface area contributed by atoms with Crippen molar-refractivity contribution in [2.45, 2.75) is 39.3 Å². The highest BCUT2D eigenvalue weighted by atomic mass is 16.5. The molecule has 2 aliphatic rings. The number of nitrogens with zero attached hydrogens (tertiary/aromatic N) is 2. The number of ether oxygens (including phenoxy) is 3. The van der Waals surface area contributed by atoms with Gasteiger partial charge in [0.15, 0.2) is 5.96 Å². The van der Waals surface area contributed by atoms with Crippen LogP contribution in [0.4, 0.5) is 0 Å². The van der Waals surface area contributed by atoms with Gasteiger partial charge in [0.1, 0.15) is 17.6 Å². The standard InChI is InChI=1S/C22H34N4O4/c1-5-29-19-9-17-8-15(2)30-20(17)10-18(19)12-24-22(25-13-21(27)26(3)4)23-11-16-6-7-28-14-16/h9-10,15-16H,5-8,11-14H2,1-4H3,(H2,23,24,25). The van der Waals surface area contributed by atoms with E-state index in [0.717, 1.165) is 49.7 Å². The Bertz CT molecular complexity index is 760. The molecule has 2 atom stereocenters. The van der Waals surface area contributed by atoms with E-state index in [4.69, 9.17) is 19.2 Å². The number of fused-ring (bicyclic) bond motifs is 1. The average Bonchev–Trinajstić information content (AvgIpc) is 3.35. The number of guanidine groups is 1. The number of benzene rings is 1. The number of amides is 1. The van der Waals surface area contributed by atoms with Crippen molar-refractivity contribution in [1.29, 1.82) is 0 Å². The number of likely N-dealkylation sites (N-methyl/N-ethyl adjacent to an activating group) is 1. The third-order valence-corrected chi connectivity index (χ3v) is 5.27. The van der Waals surface area contributed by atoms with Crippen LogP contribution in [0.2, 0.25) is 0 Å². The number of carbonyl (C=O) groups is 1. The van der Waals surface area contributed by atoms with Crippen LogP contribution in [0.25, 0.3) is 0 Å². The molecule has 1 fully saturated rings. The van der Waals surface area contributed by atoms with Gasteiger partial charge in [0.25, 0.3) is 0 Å². The lowest BCUT2D eigenvalue weighted by atomic mass is 10.1. The first-order valence-electron chi connectivity index (χ1n) is 10.7. The van der Waals surface area contributed by atoms with E-state index < -0.39 is 0 Å². The van der Waals surface area contributed by atoms with Gasteiger partial charge in [-0.1, -0.05) is 0 Å². The second-order valence-corrected chi connectivity index (χ2v) is 8.05. The number of carbonyl (C=O) groups excluding carboxylic acids is 1. The molecule has 0 spiro atoms. The fourth-order valence-electron chi connectivity index (χ4n) is 3.54. The van der Waals surface area contributed by atoms with Crippen molar-refractivity contribution in [3.05, 3.63) is 23.3 Å². The SMILES string of the molecule is CCOc1cc2c(cc1CN=C(NCC(=O)N(C)C)NCC1CCOC1)OC(C)C2. The lowest BCUT2D eigenvalue weighted by Crippen LogP contribution is -2.44. The van der Waals surface area contributed by atoms with E-state index in [1.54, 1.807) is 19.0 Å². The van der Waals surface area contributed by atoms with Crippen LogP contribution in [0.5, 0.6) is 11.5 Å². The first kappa shape index (κ1) is 22.2. The van der Waals surface area contributed by atoms with Crippen LogP contribution in [0, 0.1) is 5.92 Å². The summed E-state index contributed by atoms with van der Waals surface area (Å²) in [6, 6.07) is 4.10. The summed E-state index contributed by atoms with van der Waals surface area (Å²) in [6.45, 7) is 7.56. The molecule has 1 aromatic rings. The first-order chi connectivity index (χ1) is 14.5. The Labute approximate surface area is 179 Å². The van der Waals surface area contributed by atoms with Crippen molar-refractivity contribution in [1.82, 2.24) is 15.5 Å². The molecule has 0 aliphatic carbocycles. The summed E-state index contributed by atoms with van der Waals surface area (Å²) in [4.78, 5) is 18.3. The third-order valence-electron chi connectivity index (χ3n) is 5.27. The van der Waals surface area contributed by atoms with E-state index in [2.05, 4.69) is 23.6 Å². The number of nitrogens with one attached hydrogen (secondary N) is 2. The van der Waals surface area contributed by atoms with Crippen molar-refractivity contribution in [3.8, 4) is 11.5 Å². The van der Waals surface area contributed by atoms with Crippen LogP contribution in [0.3, 0.4) is 0 Å². The van der Waals surface area contributed by atoms with E-state index in [1.807, 2.05) is 13.0 Å². The molecule has 8 nitrogen and oxygen atoms in total. The normalized spacial score (nSPS) is 20.5. The second-order valence-electron chi connectivity index (χ2n) is 8.05. The largest absolute Gasteiger partial charge is 0.494 e. The van der Waals surface area contributed by atoms with Gasteiger partial charge in [-0.15, -0.1) is 0 Å². The maximum atomic E-state index is 12.0. The van der Waals surface area contributed by atoms with E-state index >= 15 is 0 Å². The Hall–Kier alpha value is -2.48. The van der Waals surface area contributed by atoms with Crippen LogP contribution in [-0.2, 0) is 22.5 Å². The molecular formula is C22H34N4O4. The maximum Gasteiger partial charge on any atom is 0.241 e. The molecule has 1 amide bonds. The molecule has 166 valence electrons. The lowest BCUT2D eigenvalue weighted by Gasteiger charge is -2.17. The molecule has 0 radical (unpaired) electrons. The maximum absolute atomic E-state index is 12.0. The first-order valence-corrected chi connectivity index (χ1v) is 10.7.